The van der Waals surface area contributed by atoms with Crippen LogP contribution < -0.4 is 4.72 Å². The summed E-state index contributed by atoms with van der Waals surface area (Å²) in [6.45, 7) is 11.8. The molecule has 2 aliphatic carbocycles. The highest BCUT2D eigenvalue weighted by atomic mass is 32.2. The first-order valence-corrected chi connectivity index (χ1v) is 13.9. The van der Waals surface area contributed by atoms with Crippen LogP contribution in [0.3, 0.4) is 0 Å². The molecule has 1 aromatic rings. The van der Waals surface area contributed by atoms with Crippen molar-refractivity contribution in [2.45, 2.75) is 83.8 Å². The Bertz CT molecular complexity index is 964. The Balaban J connectivity index is 1.99. The van der Waals surface area contributed by atoms with E-state index in [1.807, 2.05) is 27.7 Å². The molecule has 2 fully saturated rings. The zero-order valence-electron chi connectivity index (χ0n) is 18.9. The maximum atomic E-state index is 13.6. The molecule has 1 aromatic carbocycles. The number of nitrogens with zero attached hydrogens (tertiary/aromatic N) is 1. The van der Waals surface area contributed by atoms with Gasteiger partial charge in [-0.3, -0.25) is 0 Å². The maximum Gasteiger partial charge on any atom is 0.240 e. The Hall–Kier alpha value is -0.960. The standard InChI is InChI=1S/C22H36N2O4S2/c1-16(2)24(17(3)4)29(25,26)15-22-13-12-18(21(22,5)6)14-20(22)23-30(27,28)19-10-8-7-9-11-19/h7-11,16-18,20,23H,12-15H2,1-6H3/t18-,20+,22-/m1/s1. The van der Waals surface area contributed by atoms with Gasteiger partial charge in [0.15, 0.2) is 0 Å². The van der Waals surface area contributed by atoms with E-state index in [1.54, 1.807) is 34.6 Å². The second-order valence-electron chi connectivity index (χ2n) is 10.1. The lowest BCUT2D eigenvalue weighted by atomic mass is 9.69. The van der Waals surface area contributed by atoms with Crippen LogP contribution in [0, 0.1) is 16.7 Å². The second kappa shape index (κ2) is 7.87. The molecule has 2 aliphatic rings. The molecule has 0 radical (unpaired) electrons. The highest BCUT2D eigenvalue weighted by molar-refractivity contribution is 7.89. The largest absolute Gasteiger partial charge is 0.240 e. The fraction of sp³-hybridized carbons (Fsp3) is 0.727. The van der Waals surface area contributed by atoms with Crippen LogP contribution in [0.4, 0.5) is 0 Å². The molecule has 0 spiro atoms. The van der Waals surface area contributed by atoms with E-state index >= 15 is 0 Å². The van der Waals surface area contributed by atoms with E-state index in [0.717, 1.165) is 12.8 Å². The van der Waals surface area contributed by atoms with Gasteiger partial charge < -0.3 is 0 Å². The van der Waals surface area contributed by atoms with Crippen molar-refractivity contribution in [2.75, 3.05) is 5.75 Å². The maximum absolute atomic E-state index is 13.6. The minimum atomic E-state index is -3.72. The monoisotopic (exact) mass is 456 g/mol. The number of hydrogen-bond acceptors (Lipinski definition) is 4. The van der Waals surface area contributed by atoms with E-state index in [0.29, 0.717) is 12.3 Å². The normalized spacial score (nSPS) is 28.7. The van der Waals surface area contributed by atoms with Gasteiger partial charge in [0, 0.05) is 23.5 Å². The quantitative estimate of drug-likeness (QED) is 0.648. The molecule has 0 aromatic heterocycles. The summed E-state index contributed by atoms with van der Waals surface area (Å²) in [6, 6.07) is 7.63. The number of hydrogen-bond donors (Lipinski definition) is 1. The second-order valence-corrected chi connectivity index (χ2v) is 13.7. The third-order valence-electron chi connectivity index (χ3n) is 7.56. The third kappa shape index (κ3) is 3.85. The smallest absolute Gasteiger partial charge is 0.212 e. The average Bonchev–Trinajstić information content (AvgIpc) is 2.95. The van der Waals surface area contributed by atoms with Crippen LogP contribution in [-0.2, 0) is 20.0 Å². The van der Waals surface area contributed by atoms with Gasteiger partial charge in [-0.25, -0.2) is 21.6 Å². The molecular weight excluding hydrogens is 420 g/mol. The molecule has 2 bridgehead atoms. The zero-order valence-corrected chi connectivity index (χ0v) is 20.6. The highest BCUT2D eigenvalue weighted by Crippen LogP contribution is 2.66. The summed E-state index contributed by atoms with van der Waals surface area (Å²) in [7, 11) is -7.30. The van der Waals surface area contributed by atoms with Crippen molar-refractivity contribution in [3.63, 3.8) is 0 Å². The van der Waals surface area contributed by atoms with Crippen LogP contribution >= 0.6 is 0 Å². The number of fused-ring (bicyclic) bond motifs is 2. The number of benzene rings is 1. The highest BCUT2D eigenvalue weighted by Gasteiger charge is 2.66. The van der Waals surface area contributed by atoms with Gasteiger partial charge in [0.25, 0.3) is 0 Å². The van der Waals surface area contributed by atoms with Crippen LogP contribution in [0.15, 0.2) is 35.2 Å². The fourth-order valence-electron chi connectivity index (χ4n) is 6.08. The Morgan fingerprint density at radius 3 is 2.10 bits per heavy atom. The van der Waals surface area contributed by atoms with Crippen LogP contribution in [0.1, 0.15) is 60.8 Å². The molecule has 0 saturated heterocycles. The van der Waals surface area contributed by atoms with Crippen molar-refractivity contribution < 1.29 is 16.8 Å². The predicted octanol–water partition coefficient (Wildman–Crippen LogP) is 3.61. The zero-order chi connectivity index (χ0) is 22.5. The molecule has 30 heavy (non-hydrogen) atoms. The molecule has 1 N–H and O–H groups in total. The van der Waals surface area contributed by atoms with Crippen molar-refractivity contribution in [2.24, 2.45) is 16.7 Å². The van der Waals surface area contributed by atoms with Gasteiger partial charge in [-0.2, -0.15) is 4.31 Å². The molecule has 0 aliphatic heterocycles. The molecular formula is C22H36N2O4S2. The van der Waals surface area contributed by atoms with Crippen molar-refractivity contribution in [3.8, 4) is 0 Å². The molecule has 6 nitrogen and oxygen atoms in total. The summed E-state index contributed by atoms with van der Waals surface area (Å²) in [5.41, 5.74) is -0.885. The van der Waals surface area contributed by atoms with Crippen molar-refractivity contribution in [1.29, 1.82) is 0 Å². The minimum absolute atomic E-state index is 0.0260. The van der Waals surface area contributed by atoms with E-state index in [-0.39, 0.29) is 28.1 Å². The Morgan fingerprint density at radius 1 is 1.03 bits per heavy atom. The van der Waals surface area contributed by atoms with E-state index < -0.39 is 31.5 Å². The minimum Gasteiger partial charge on any atom is -0.212 e. The first kappa shape index (κ1) is 23.7. The summed E-state index contributed by atoms with van der Waals surface area (Å²) >= 11 is 0. The summed E-state index contributed by atoms with van der Waals surface area (Å²) in [5, 5.41) is 0. The van der Waals surface area contributed by atoms with E-state index in [4.69, 9.17) is 0 Å². The van der Waals surface area contributed by atoms with Crippen molar-refractivity contribution in [1.82, 2.24) is 9.03 Å². The fourth-order valence-corrected chi connectivity index (χ4v) is 10.2. The Morgan fingerprint density at radius 2 is 1.60 bits per heavy atom. The molecule has 8 heteroatoms. The van der Waals surface area contributed by atoms with Crippen molar-refractivity contribution >= 4 is 20.0 Å². The lowest BCUT2D eigenvalue weighted by molar-refractivity contribution is 0.130. The van der Waals surface area contributed by atoms with E-state index in [1.165, 1.54) is 0 Å². The average molecular weight is 457 g/mol. The van der Waals surface area contributed by atoms with Gasteiger partial charge >= 0.3 is 0 Å². The SMILES string of the molecule is CC(C)N(C(C)C)S(=O)(=O)C[C@]12CC[C@H](C[C@@H]1NS(=O)(=O)c1ccccc1)C2(C)C. The third-order valence-corrected chi connectivity index (χ3v) is 11.4. The predicted molar refractivity (Wildman–Crippen MR) is 120 cm³/mol. The van der Waals surface area contributed by atoms with Crippen molar-refractivity contribution in [3.05, 3.63) is 30.3 Å². The molecule has 2 saturated carbocycles. The van der Waals surface area contributed by atoms with Crippen LogP contribution in [0.25, 0.3) is 0 Å². The first-order valence-electron chi connectivity index (χ1n) is 10.8. The Labute approximate surface area is 182 Å². The van der Waals surface area contributed by atoms with E-state index in [2.05, 4.69) is 18.6 Å². The van der Waals surface area contributed by atoms with Gasteiger partial charge in [-0.15, -0.1) is 0 Å². The Kier molecular flexibility index (Phi) is 6.22. The molecule has 3 rings (SSSR count). The van der Waals surface area contributed by atoms with Crippen LogP contribution in [-0.4, -0.2) is 45.0 Å². The summed E-state index contributed by atoms with van der Waals surface area (Å²) in [6.07, 6.45) is 2.34. The van der Waals surface area contributed by atoms with Crippen LogP contribution in [0.5, 0.6) is 0 Å². The van der Waals surface area contributed by atoms with Gasteiger partial charge in [0.05, 0.1) is 10.6 Å². The summed E-state index contributed by atoms with van der Waals surface area (Å²) in [5.74, 6) is 0.282. The lowest BCUT2D eigenvalue weighted by Crippen LogP contribution is -2.55. The van der Waals surface area contributed by atoms with Gasteiger partial charge in [-0.05, 0) is 70.4 Å². The summed E-state index contributed by atoms with van der Waals surface area (Å²) < 4.78 is 57.7. The number of sulfonamides is 2. The summed E-state index contributed by atoms with van der Waals surface area (Å²) in [4.78, 5) is 0.217. The molecule has 170 valence electrons. The molecule has 0 unspecified atom stereocenters. The molecule has 0 heterocycles. The van der Waals surface area contributed by atoms with Gasteiger partial charge in [0.2, 0.25) is 20.0 Å². The van der Waals surface area contributed by atoms with E-state index in [9.17, 15) is 16.8 Å². The molecule has 0 amide bonds. The number of nitrogens with one attached hydrogen (secondary N) is 1. The molecule has 3 atom stereocenters. The lowest BCUT2D eigenvalue weighted by Gasteiger charge is -2.44. The van der Waals surface area contributed by atoms with Crippen LogP contribution in [0.2, 0.25) is 0 Å². The van der Waals surface area contributed by atoms with Gasteiger partial charge in [0.1, 0.15) is 0 Å². The first-order chi connectivity index (χ1) is 13.7. The van der Waals surface area contributed by atoms with Gasteiger partial charge in [-0.1, -0.05) is 32.0 Å². The topological polar surface area (TPSA) is 83.6 Å². The number of rotatable bonds is 8.